The lowest BCUT2D eigenvalue weighted by molar-refractivity contribution is 0.444. The summed E-state index contributed by atoms with van der Waals surface area (Å²) in [6, 6.07) is 14.0. The van der Waals surface area contributed by atoms with Crippen LogP contribution in [0.4, 0.5) is 0 Å². The molecule has 2 aromatic heterocycles. The van der Waals surface area contributed by atoms with Gasteiger partial charge < -0.3 is 9.73 Å². The zero-order valence-electron chi connectivity index (χ0n) is 11.6. The van der Waals surface area contributed by atoms with Gasteiger partial charge in [-0.15, -0.1) is 0 Å². The zero-order chi connectivity index (χ0) is 13.9. The molecule has 1 N–H and O–H groups in total. The molecule has 0 aliphatic carbocycles. The summed E-state index contributed by atoms with van der Waals surface area (Å²) < 4.78 is 7.58. The Morgan fingerprint density at radius 1 is 1.15 bits per heavy atom. The van der Waals surface area contributed by atoms with E-state index < -0.39 is 0 Å². The van der Waals surface area contributed by atoms with Crippen molar-refractivity contribution in [3.05, 3.63) is 71.9 Å². The molecule has 0 spiro atoms. The third kappa shape index (κ3) is 2.38. The Balaban J connectivity index is 1.92. The second kappa shape index (κ2) is 5.35. The molecule has 1 aromatic carbocycles. The molecule has 0 aliphatic rings. The maximum atomic E-state index is 5.71. The molecule has 0 radical (unpaired) electrons. The molecule has 1 atom stereocenters. The standard InChI is InChI=1S/C16H17N3O/c1-12-8-9-15(20-12)16(17-2)13-10-18-19(11-13)14-6-4-3-5-7-14/h3-11,16-17H,1-2H3. The topological polar surface area (TPSA) is 43.0 Å². The van der Waals surface area contributed by atoms with Crippen LogP contribution in [0.1, 0.15) is 23.1 Å². The molecule has 0 aliphatic heterocycles. The van der Waals surface area contributed by atoms with Crippen molar-refractivity contribution in [2.75, 3.05) is 7.05 Å². The van der Waals surface area contributed by atoms with Crippen molar-refractivity contribution in [3.63, 3.8) is 0 Å². The molecule has 3 rings (SSSR count). The molecule has 4 heteroatoms. The van der Waals surface area contributed by atoms with E-state index in [9.17, 15) is 0 Å². The largest absolute Gasteiger partial charge is 0.464 e. The third-order valence-electron chi connectivity index (χ3n) is 3.29. The quantitative estimate of drug-likeness (QED) is 0.790. The van der Waals surface area contributed by atoms with Gasteiger partial charge in [0, 0.05) is 11.8 Å². The number of para-hydroxylation sites is 1. The average molecular weight is 267 g/mol. The summed E-state index contributed by atoms with van der Waals surface area (Å²) in [7, 11) is 1.92. The first kappa shape index (κ1) is 12.7. The van der Waals surface area contributed by atoms with E-state index in [0.29, 0.717) is 0 Å². The molecule has 3 aromatic rings. The lowest BCUT2D eigenvalue weighted by Gasteiger charge is -2.11. The van der Waals surface area contributed by atoms with Gasteiger partial charge in [0.2, 0.25) is 0 Å². The predicted molar refractivity (Wildman–Crippen MR) is 77.9 cm³/mol. The molecule has 20 heavy (non-hydrogen) atoms. The van der Waals surface area contributed by atoms with Crippen molar-refractivity contribution in [1.82, 2.24) is 15.1 Å². The first-order valence-electron chi connectivity index (χ1n) is 6.61. The van der Waals surface area contributed by atoms with Crippen molar-refractivity contribution < 1.29 is 4.42 Å². The van der Waals surface area contributed by atoms with Gasteiger partial charge in [-0.2, -0.15) is 5.10 Å². The van der Waals surface area contributed by atoms with Crippen LogP contribution in [0.3, 0.4) is 0 Å². The fraction of sp³-hybridized carbons (Fsp3) is 0.188. The lowest BCUT2D eigenvalue weighted by Crippen LogP contribution is -2.16. The first-order chi connectivity index (χ1) is 9.78. The average Bonchev–Trinajstić information content (AvgIpc) is 3.11. The Labute approximate surface area is 118 Å². The molecule has 0 bridgehead atoms. The van der Waals surface area contributed by atoms with Crippen LogP contribution in [0, 0.1) is 6.92 Å². The minimum atomic E-state index is 0.0150. The van der Waals surface area contributed by atoms with Gasteiger partial charge in [0.25, 0.3) is 0 Å². The molecule has 0 saturated heterocycles. The van der Waals surface area contributed by atoms with Crippen molar-refractivity contribution in [3.8, 4) is 5.69 Å². The molecule has 0 fully saturated rings. The predicted octanol–water partition coefficient (Wildman–Crippen LogP) is 3.08. The summed E-state index contributed by atoms with van der Waals surface area (Å²) in [6.07, 6.45) is 3.89. The first-order valence-corrected chi connectivity index (χ1v) is 6.61. The number of aromatic nitrogens is 2. The van der Waals surface area contributed by atoms with Crippen LogP contribution in [0.5, 0.6) is 0 Å². The number of nitrogens with zero attached hydrogens (tertiary/aromatic N) is 2. The maximum absolute atomic E-state index is 5.71. The van der Waals surface area contributed by atoms with Crippen LogP contribution >= 0.6 is 0 Å². The highest BCUT2D eigenvalue weighted by molar-refractivity contribution is 5.32. The highest BCUT2D eigenvalue weighted by Gasteiger charge is 2.17. The van der Waals surface area contributed by atoms with Gasteiger partial charge in [-0.1, -0.05) is 18.2 Å². The summed E-state index contributed by atoms with van der Waals surface area (Å²) in [4.78, 5) is 0. The Morgan fingerprint density at radius 2 is 1.95 bits per heavy atom. The summed E-state index contributed by atoms with van der Waals surface area (Å²) in [5, 5.41) is 7.69. The molecule has 102 valence electrons. The maximum Gasteiger partial charge on any atom is 0.125 e. The zero-order valence-corrected chi connectivity index (χ0v) is 11.6. The van der Waals surface area contributed by atoms with Gasteiger partial charge in [0.15, 0.2) is 0 Å². The van der Waals surface area contributed by atoms with Gasteiger partial charge in [-0.3, -0.25) is 0 Å². The van der Waals surface area contributed by atoms with E-state index in [1.165, 1.54) is 0 Å². The minimum Gasteiger partial charge on any atom is -0.464 e. The van der Waals surface area contributed by atoms with Gasteiger partial charge in [0.05, 0.1) is 17.9 Å². The highest BCUT2D eigenvalue weighted by atomic mass is 16.3. The van der Waals surface area contributed by atoms with Crippen LogP contribution in [0.15, 0.2) is 59.3 Å². The van der Waals surface area contributed by atoms with Gasteiger partial charge in [-0.25, -0.2) is 4.68 Å². The fourth-order valence-electron chi connectivity index (χ4n) is 2.29. The van der Waals surface area contributed by atoms with E-state index in [2.05, 4.69) is 10.4 Å². The van der Waals surface area contributed by atoms with Crippen molar-refractivity contribution in [2.45, 2.75) is 13.0 Å². The molecular formula is C16H17N3O. The van der Waals surface area contributed by atoms with Crippen molar-refractivity contribution >= 4 is 0 Å². The van der Waals surface area contributed by atoms with Crippen LogP contribution in [0.25, 0.3) is 5.69 Å². The lowest BCUT2D eigenvalue weighted by atomic mass is 10.1. The smallest absolute Gasteiger partial charge is 0.125 e. The summed E-state index contributed by atoms with van der Waals surface area (Å²) in [6.45, 7) is 1.95. The van der Waals surface area contributed by atoms with Crippen molar-refractivity contribution in [1.29, 1.82) is 0 Å². The number of rotatable bonds is 4. The van der Waals surface area contributed by atoms with E-state index in [0.717, 1.165) is 22.8 Å². The molecule has 2 heterocycles. The normalized spacial score (nSPS) is 12.5. The van der Waals surface area contributed by atoms with E-state index in [-0.39, 0.29) is 6.04 Å². The molecule has 4 nitrogen and oxygen atoms in total. The Bertz CT molecular complexity index is 685. The van der Waals surface area contributed by atoms with Crippen LogP contribution < -0.4 is 5.32 Å². The Morgan fingerprint density at radius 3 is 2.60 bits per heavy atom. The minimum absolute atomic E-state index is 0.0150. The summed E-state index contributed by atoms with van der Waals surface area (Å²) in [5.74, 6) is 1.81. The molecule has 1 unspecified atom stereocenters. The van der Waals surface area contributed by atoms with E-state index >= 15 is 0 Å². The number of hydrogen-bond donors (Lipinski definition) is 1. The summed E-state index contributed by atoms with van der Waals surface area (Å²) in [5.41, 5.74) is 2.12. The van der Waals surface area contributed by atoms with Gasteiger partial charge in [0.1, 0.15) is 11.5 Å². The Kier molecular flexibility index (Phi) is 3.39. The second-order valence-electron chi connectivity index (χ2n) is 4.72. The number of nitrogens with one attached hydrogen (secondary N) is 1. The number of aryl methyl sites for hydroxylation is 1. The molecule has 0 amide bonds. The monoisotopic (exact) mass is 267 g/mol. The number of hydrogen-bond acceptors (Lipinski definition) is 3. The molecule has 0 saturated carbocycles. The number of benzene rings is 1. The second-order valence-corrected chi connectivity index (χ2v) is 4.72. The van der Waals surface area contributed by atoms with Crippen molar-refractivity contribution in [2.24, 2.45) is 0 Å². The van der Waals surface area contributed by atoms with Gasteiger partial charge >= 0.3 is 0 Å². The fourth-order valence-corrected chi connectivity index (χ4v) is 2.29. The highest BCUT2D eigenvalue weighted by Crippen LogP contribution is 2.23. The van der Waals surface area contributed by atoms with E-state index in [1.54, 1.807) is 0 Å². The summed E-state index contributed by atoms with van der Waals surface area (Å²) >= 11 is 0. The van der Waals surface area contributed by atoms with E-state index in [4.69, 9.17) is 4.42 Å². The molecular weight excluding hydrogens is 250 g/mol. The number of furan rings is 1. The SMILES string of the molecule is CNC(c1cnn(-c2ccccc2)c1)c1ccc(C)o1. The van der Waals surface area contributed by atoms with Crippen LogP contribution in [0.2, 0.25) is 0 Å². The Hall–Kier alpha value is -2.33. The van der Waals surface area contributed by atoms with Crippen LogP contribution in [-0.4, -0.2) is 16.8 Å². The van der Waals surface area contributed by atoms with E-state index in [1.807, 2.05) is 73.5 Å². The van der Waals surface area contributed by atoms with Gasteiger partial charge in [-0.05, 0) is 38.2 Å². The third-order valence-corrected chi connectivity index (χ3v) is 3.29. The van der Waals surface area contributed by atoms with Crippen LogP contribution in [-0.2, 0) is 0 Å².